The van der Waals surface area contributed by atoms with Crippen molar-refractivity contribution in [1.29, 1.82) is 0 Å². The van der Waals surface area contributed by atoms with Gasteiger partial charge in [-0.25, -0.2) is 0 Å². The Morgan fingerprint density at radius 3 is 2.35 bits per heavy atom. The molecule has 0 saturated heterocycles. The molecule has 0 aliphatic carbocycles. The van der Waals surface area contributed by atoms with Crippen molar-refractivity contribution in [2.75, 3.05) is 13.2 Å². The Bertz CT molecular complexity index is 755. The summed E-state index contributed by atoms with van der Waals surface area (Å²) in [5, 5.41) is 0. The minimum Gasteiger partial charge on any atom is -0.466 e. The number of benzene rings is 2. The number of hydrogen-bond donors (Lipinski definition) is 0. The Labute approximate surface area is 155 Å². The van der Waals surface area contributed by atoms with Crippen LogP contribution in [0.4, 0.5) is 0 Å². The van der Waals surface area contributed by atoms with E-state index < -0.39 is 0 Å². The van der Waals surface area contributed by atoms with Gasteiger partial charge in [-0.1, -0.05) is 36.4 Å². The standard InChI is InChI=1S/C22H27NO3/c1-5-26-21(24)13-14-23(18(4)19-9-7-6-8-10-19)22(25)20-12-11-16(2)17(3)15-20/h6-12,15,18H,5,13-14H2,1-4H3. The molecule has 0 aliphatic rings. The first-order valence-electron chi connectivity index (χ1n) is 9.02. The average Bonchev–Trinajstić information content (AvgIpc) is 2.64. The Morgan fingerprint density at radius 1 is 1.04 bits per heavy atom. The zero-order valence-electron chi connectivity index (χ0n) is 16.0. The summed E-state index contributed by atoms with van der Waals surface area (Å²) in [6.45, 7) is 8.45. The van der Waals surface area contributed by atoms with Crippen LogP contribution in [0.3, 0.4) is 0 Å². The second kappa shape index (κ2) is 9.18. The van der Waals surface area contributed by atoms with Crippen LogP contribution in [0.25, 0.3) is 0 Å². The van der Waals surface area contributed by atoms with E-state index in [1.54, 1.807) is 11.8 Å². The van der Waals surface area contributed by atoms with Crippen LogP contribution < -0.4 is 0 Å². The topological polar surface area (TPSA) is 46.6 Å². The number of hydrogen-bond acceptors (Lipinski definition) is 3. The second-order valence-corrected chi connectivity index (χ2v) is 6.44. The number of aryl methyl sites for hydroxylation is 2. The molecular weight excluding hydrogens is 326 g/mol. The van der Waals surface area contributed by atoms with E-state index in [4.69, 9.17) is 4.74 Å². The van der Waals surface area contributed by atoms with Crippen LogP contribution in [0.2, 0.25) is 0 Å². The lowest BCUT2D eigenvalue weighted by molar-refractivity contribution is -0.143. The van der Waals surface area contributed by atoms with Crippen molar-refractivity contribution in [3.05, 3.63) is 70.8 Å². The minimum absolute atomic E-state index is 0.0752. The molecule has 2 aromatic rings. The van der Waals surface area contributed by atoms with Crippen LogP contribution >= 0.6 is 0 Å². The first-order valence-corrected chi connectivity index (χ1v) is 9.02. The van der Waals surface area contributed by atoms with Gasteiger partial charge in [-0.2, -0.15) is 0 Å². The molecule has 0 N–H and O–H groups in total. The third-order valence-corrected chi connectivity index (χ3v) is 4.63. The summed E-state index contributed by atoms with van der Waals surface area (Å²) in [5.41, 5.74) is 3.90. The van der Waals surface area contributed by atoms with E-state index in [-0.39, 0.29) is 24.3 Å². The predicted octanol–water partition coefficient (Wildman–Crippen LogP) is 4.46. The summed E-state index contributed by atoms with van der Waals surface area (Å²) in [4.78, 5) is 26.7. The molecule has 2 rings (SSSR count). The summed E-state index contributed by atoms with van der Waals surface area (Å²) >= 11 is 0. The molecule has 1 atom stereocenters. The molecule has 2 aromatic carbocycles. The smallest absolute Gasteiger partial charge is 0.307 e. The Hall–Kier alpha value is -2.62. The average molecular weight is 353 g/mol. The lowest BCUT2D eigenvalue weighted by Crippen LogP contribution is -2.35. The van der Waals surface area contributed by atoms with Gasteiger partial charge in [0.2, 0.25) is 0 Å². The number of rotatable bonds is 7. The fourth-order valence-corrected chi connectivity index (χ4v) is 2.87. The molecule has 138 valence electrons. The van der Waals surface area contributed by atoms with E-state index in [0.717, 1.165) is 16.7 Å². The molecule has 0 bridgehead atoms. The van der Waals surface area contributed by atoms with E-state index in [0.29, 0.717) is 18.7 Å². The summed E-state index contributed by atoms with van der Waals surface area (Å²) in [5.74, 6) is -0.362. The van der Waals surface area contributed by atoms with Gasteiger partial charge < -0.3 is 9.64 Å². The molecule has 0 aromatic heterocycles. The Balaban J connectivity index is 2.27. The van der Waals surface area contributed by atoms with Gasteiger partial charge in [0.1, 0.15) is 0 Å². The van der Waals surface area contributed by atoms with Gasteiger partial charge in [0.05, 0.1) is 19.1 Å². The van der Waals surface area contributed by atoms with Gasteiger partial charge in [-0.15, -0.1) is 0 Å². The van der Waals surface area contributed by atoms with Crippen molar-refractivity contribution >= 4 is 11.9 Å². The summed E-state index contributed by atoms with van der Waals surface area (Å²) < 4.78 is 5.02. The summed E-state index contributed by atoms with van der Waals surface area (Å²) in [6.07, 6.45) is 0.182. The molecule has 4 heteroatoms. The maximum absolute atomic E-state index is 13.2. The van der Waals surface area contributed by atoms with E-state index in [1.807, 2.05) is 69.3 Å². The van der Waals surface area contributed by atoms with Gasteiger partial charge in [0, 0.05) is 12.1 Å². The predicted molar refractivity (Wildman–Crippen MR) is 103 cm³/mol. The number of carbonyl (C=O) groups excluding carboxylic acids is 2. The normalized spacial score (nSPS) is 11.7. The second-order valence-electron chi connectivity index (χ2n) is 6.44. The van der Waals surface area contributed by atoms with E-state index in [2.05, 4.69) is 0 Å². The van der Waals surface area contributed by atoms with Gasteiger partial charge >= 0.3 is 5.97 Å². The van der Waals surface area contributed by atoms with Crippen molar-refractivity contribution in [2.45, 2.75) is 40.2 Å². The number of nitrogens with zero attached hydrogens (tertiary/aromatic N) is 1. The molecular formula is C22H27NO3. The van der Waals surface area contributed by atoms with Crippen LogP contribution in [0.1, 0.15) is 53.4 Å². The fraction of sp³-hybridized carbons (Fsp3) is 0.364. The van der Waals surface area contributed by atoms with Gasteiger partial charge in [-0.3, -0.25) is 9.59 Å². The van der Waals surface area contributed by atoms with E-state index >= 15 is 0 Å². The highest BCUT2D eigenvalue weighted by atomic mass is 16.5. The molecule has 4 nitrogen and oxygen atoms in total. The SMILES string of the molecule is CCOC(=O)CCN(C(=O)c1ccc(C)c(C)c1)C(C)c1ccccc1. The maximum atomic E-state index is 13.2. The third kappa shape index (κ3) is 4.94. The van der Waals surface area contributed by atoms with E-state index in [1.165, 1.54) is 0 Å². The van der Waals surface area contributed by atoms with Crippen molar-refractivity contribution in [2.24, 2.45) is 0 Å². The highest BCUT2D eigenvalue weighted by Gasteiger charge is 2.24. The largest absolute Gasteiger partial charge is 0.466 e. The van der Waals surface area contributed by atoms with Gasteiger partial charge in [0.15, 0.2) is 0 Å². The quantitative estimate of drug-likeness (QED) is 0.691. The zero-order valence-corrected chi connectivity index (χ0v) is 16.0. The van der Waals surface area contributed by atoms with Crippen molar-refractivity contribution in [3.63, 3.8) is 0 Å². The molecule has 0 fully saturated rings. The van der Waals surface area contributed by atoms with Gasteiger partial charge in [-0.05, 0) is 56.5 Å². The number of amides is 1. The molecule has 0 radical (unpaired) electrons. The van der Waals surface area contributed by atoms with Crippen molar-refractivity contribution in [3.8, 4) is 0 Å². The lowest BCUT2D eigenvalue weighted by Gasteiger charge is -2.30. The van der Waals surface area contributed by atoms with Crippen LogP contribution in [-0.4, -0.2) is 29.9 Å². The number of ether oxygens (including phenoxy) is 1. The first kappa shape index (κ1) is 19.7. The highest BCUT2D eigenvalue weighted by Crippen LogP contribution is 2.23. The molecule has 1 unspecified atom stereocenters. The molecule has 0 aliphatic heterocycles. The lowest BCUT2D eigenvalue weighted by atomic mass is 10.0. The number of carbonyl (C=O) groups is 2. The number of esters is 1. The van der Waals surface area contributed by atoms with Crippen LogP contribution in [0.15, 0.2) is 48.5 Å². The molecule has 0 saturated carbocycles. The Kier molecular flexibility index (Phi) is 6.96. The zero-order chi connectivity index (χ0) is 19.1. The first-order chi connectivity index (χ1) is 12.4. The monoisotopic (exact) mass is 353 g/mol. The summed E-state index contributed by atoms with van der Waals surface area (Å²) in [6, 6.07) is 15.4. The van der Waals surface area contributed by atoms with Crippen LogP contribution in [-0.2, 0) is 9.53 Å². The van der Waals surface area contributed by atoms with Crippen molar-refractivity contribution in [1.82, 2.24) is 4.90 Å². The van der Waals surface area contributed by atoms with Crippen molar-refractivity contribution < 1.29 is 14.3 Å². The van der Waals surface area contributed by atoms with Crippen LogP contribution in [0, 0.1) is 13.8 Å². The van der Waals surface area contributed by atoms with Crippen LogP contribution in [0.5, 0.6) is 0 Å². The summed E-state index contributed by atoms with van der Waals surface area (Å²) in [7, 11) is 0. The highest BCUT2D eigenvalue weighted by molar-refractivity contribution is 5.95. The third-order valence-electron chi connectivity index (χ3n) is 4.63. The Morgan fingerprint density at radius 2 is 1.73 bits per heavy atom. The fourth-order valence-electron chi connectivity index (χ4n) is 2.87. The minimum atomic E-state index is -0.286. The molecule has 26 heavy (non-hydrogen) atoms. The molecule has 1 amide bonds. The molecule has 0 heterocycles. The molecule has 0 spiro atoms. The van der Waals surface area contributed by atoms with E-state index in [9.17, 15) is 9.59 Å². The van der Waals surface area contributed by atoms with Gasteiger partial charge in [0.25, 0.3) is 5.91 Å². The maximum Gasteiger partial charge on any atom is 0.307 e.